The lowest BCUT2D eigenvalue weighted by molar-refractivity contribution is 0.00680. The Balaban J connectivity index is 1.96. The minimum absolute atomic E-state index is 0.351. The van der Waals surface area contributed by atoms with Crippen molar-refractivity contribution in [2.24, 2.45) is 0 Å². The van der Waals surface area contributed by atoms with Crippen molar-refractivity contribution < 1.29 is 4.74 Å². The second-order valence-electron chi connectivity index (χ2n) is 5.52. The predicted molar refractivity (Wildman–Crippen MR) is 83.7 cm³/mol. The molecule has 0 atom stereocenters. The molecular weight excluding hydrogens is 286 g/mol. The fourth-order valence-electron chi connectivity index (χ4n) is 3.20. The molecule has 0 N–H and O–H groups in total. The van der Waals surface area contributed by atoms with Crippen molar-refractivity contribution in [2.75, 3.05) is 7.11 Å². The normalized spacial score (nSPS) is 21.8. The highest BCUT2D eigenvalue weighted by atomic mass is 35.5. The van der Waals surface area contributed by atoms with Crippen molar-refractivity contribution in [3.05, 3.63) is 36.3 Å². The number of alkyl halides is 1. The van der Waals surface area contributed by atoms with Crippen LogP contribution in [-0.2, 0) is 10.6 Å². The number of rotatable bonds is 3. The zero-order valence-corrected chi connectivity index (χ0v) is 12.5. The fourth-order valence-corrected chi connectivity index (χ4v) is 3.39. The summed E-state index contributed by atoms with van der Waals surface area (Å²) < 4.78 is 7.70. The van der Waals surface area contributed by atoms with Gasteiger partial charge in [-0.25, -0.2) is 4.98 Å². The van der Waals surface area contributed by atoms with Gasteiger partial charge in [-0.05, 0) is 18.9 Å². The number of pyridine rings is 1. The highest BCUT2D eigenvalue weighted by molar-refractivity contribution is 6.17. The molecule has 108 valence electrons. The molecule has 3 aromatic rings. The number of fused-ring (bicyclic) bond motifs is 3. The summed E-state index contributed by atoms with van der Waals surface area (Å²) in [7, 11) is 1.77. The second kappa shape index (κ2) is 4.97. The fraction of sp³-hybridized carbons (Fsp3) is 0.375. The highest BCUT2D eigenvalue weighted by Crippen LogP contribution is 2.39. The summed E-state index contributed by atoms with van der Waals surface area (Å²) >= 11 is 6.12. The molecule has 4 rings (SSSR count). The first-order valence-electron chi connectivity index (χ1n) is 7.15. The van der Waals surface area contributed by atoms with E-state index in [1.165, 1.54) is 0 Å². The Kier molecular flexibility index (Phi) is 3.08. The minimum atomic E-state index is 0.351. The van der Waals surface area contributed by atoms with Crippen LogP contribution in [0.5, 0.6) is 0 Å². The van der Waals surface area contributed by atoms with Crippen molar-refractivity contribution in [2.45, 2.75) is 30.9 Å². The largest absolute Gasteiger partial charge is 0.381 e. The molecule has 0 spiro atoms. The lowest BCUT2D eigenvalue weighted by Crippen LogP contribution is -2.33. The van der Waals surface area contributed by atoms with E-state index in [1.807, 2.05) is 24.4 Å². The van der Waals surface area contributed by atoms with Crippen molar-refractivity contribution >= 4 is 33.5 Å². The molecule has 1 fully saturated rings. The number of ether oxygens (including phenoxy) is 1. The van der Waals surface area contributed by atoms with Crippen LogP contribution in [0, 0.1) is 0 Å². The maximum Gasteiger partial charge on any atom is 0.125 e. The molecule has 0 amide bonds. The van der Waals surface area contributed by atoms with Crippen LogP contribution in [-0.4, -0.2) is 27.7 Å². The van der Waals surface area contributed by atoms with E-state index >= 15 is 0 Å². The number of benzene rings is 1. The first-order valence-corrected chi connectivity index (χ1v) is 7.68. The number of hydrogen-bond acceptors (Lipinski definition) is 3. The maximum atomic E-state index is 6.12. The van der Waals surface area contributed by atoms with Gasteiger partial charge >= 0.3 is 0 Å². The van der Waals surface area contributed by atoms with Gasteiger partial charge in [0.15, 0.2) is 0 Å². The number of halogens is 1. The van der Waals surface area contributed by atoms with E-state index in [4.69, 9.17) is 16.3 Å². The van der Waals surface area contributed by atoms with Gasteiger partial charge in [-0.15, -0.1) is 11.6 Å². The van der Waals surface area contributed by atoms with Gasteiger partial charge in [0.25, 0.3) is 0 Å². The SMILES string of the molecule is COC1CC(n2c(CCl)nc3cnc4ccccc4c32)C1. The van der Waals surface area contributed by atoms with Crippen molar-refractivity contribution in [1.29, 1.82) is 0 Å². The quantitative estimate of drug-likeness (QED) is 0.693. The van der Waals surface area contributed by atoms with E-state index in [0.29, 0.717) is 18.0 Å². The van der Waals surface area contributed by atoms with Gasteiger partial charge in [0, 0.05) is 18.5 Å². The third kappa shape index (κ3) is 1.93. The topological polar surface area (TPSA) is 39.9 Å². The molecule has 2 heterocycles. The number of nitrogens with zero attached hydrogens (tertiary/aromatic N) is 3. The van der Waals surface area contributed by atoms with Gasteiger partial charge in [-0.2, -0.15) is 0 Å². The van der Waals surface area contributed by atoms with E-state index < -0.39 is 0 Å². The molecule has 0 aliphatic heterocycles. The number of aromatic nitrogens is 3. The molecule has 2 aromatic heterocycles. The standard InChI is InChI=1S/C16H16ClN3O/c1-21-11-6-10(7-11)20-15(8-17)19-14-9-18-13-5-3-2-4-12(13)16(14)20/h2-5,9-11H,6-8H2,1H3. The molecule has 4 nitrogen and oxygen atoms in total. The average molecular weight is 302 g/mol. The number of methoxy groups -OCH3 is 1. The van der Waals surface area contributed by atoms with Gasteiger partial charge in [0.2, 0.25) is 0 Å². The molecule has 0 unspecified atom stereocenters. The Hall–Kier alpha value is -1.65. The molecule has 0 saturated heterocycles. The van der Waals surface area contributed by atoms with Gasteiger partial charge in [-0.1, -0.05) is 18.2 Å². The van der Waals surface area contributed by atoms with Crippen LogP contribution in [0.2, 0.25) is 0 Å². The number of imidazole rings is 1. The van der Waals surface area contributed by atoms with Crippen LogP contribution in [0.1, 0.15) is 24.7 Å². The third-order valence-electron chi connectivity index (χ3n) is 4.38. The first kappa shape index (κ1) is 13.0. The average Bonchev–Trinajstić information content (AvgIpc) is 2.85. The van der Waals surface area contributed by atoms with E-state index in [9.17, 15) is 0 Å². The van der Waals surface area contributed by atoms with Gasteiger partial charge < -0.3 is 9.30 Å². The molecule has 5 heteroatoms. The van der Waals surface area contributed by atoms with E-state index in [-0.39, 0.29) is 0 Å². The number of para-hydroxylation sites is 1. The Morgan fingerprint density at radius 1 is 1.29 bits per heavy atom. The summed E-state index contributed by atoms with van der Waals surface area (Å²) in [4.78, 5) is 9.15. The van der Waals surface area contributed by atoms with Gasteiger partial charge in [-0.3, -0.25) is 4.98 Å². The molecule has 1 aliphatic carbocycles. The molecule has 21 heavy (non-hydrogen) atoms. The molecule has 1 saturated carbocycles. The summed E-state index contributed by atoms with van der Waals surface area (Å²) in [5.41, 5.74) is 3.07. The maximum absolute atomic E-state index is 6.12. The zero-order chi connectivity index (χ0) is 14.4. The monoisotopic (exact) mass is 301 g/mol. The van der Waals surface area contributed by atoms with Crippen LogP contribution in [0.3, 0.4) is 0 Å². The molecule has 0 bridgehead atoms. The Morgan fingerprint density at radius 3 is 2.86 bits per heavy atom. The van der Waals surface area contributed by atoms with Crippen molar-refractivity contribution in [3.63, 3.8) is 0 Å². The van der Waals surface area contributed by atoms with Crippen LogP contribution < -0.4 is 0 Å². The summed E-state index contributed by atoms with van der Waals surface area (Å²) in [5, 5.41) is 1.14. The molecule has 1 aliphatic rings. The Morgan fingerprint density at radius 2 is 2.10 bits per heavy atom. The molecular formula is C16H16ClN3O. The summed E-state index contributed by atoms with van der Waals surface area (Å²) in [6.45, 7) is 0. The van der Waals surface area contributed by atoms with Crippen molar-refractivity contribution in [1.82, 2.24) is 14.5 Å². The van der Waals surface area contributed by atoms with Gasteiger partial charge in [0.1, 0.15) is 11.3 Å². The Bertz CT molecular complexity index is 808. The smallest absolute Gasteiger partial charge is 0.125 e. The van der Waals surface area contributed by atoms with E-state index in [0.717, 1.165) is 40.6 Å². The summed E-state index contributed by atoms with van der Waals surface area (Å²) in [6.07, 6.45) is 4.23. The van der Waals surface area contributed by atoms with Gasteiger partial charge in [0.05, 0.1) is 29.2 Å². The summed E-state index contributed by atoms with van der Waals surface area (Å²) in [6, 6.07) is 8.60. The van der Waals surface area contributed by atoms with Crippen LogP contribution >= 0.6 is 11.6 Å². The number of hydrogen-bond donors (Lipinski definition) is 0. The van der Waals surface area contributed by atoms with Crippen LogP contribution in [0.4, 0.5) is 0 Å². The van der Waals surface area contributed by atoms with E-state index in [2.05, 4.69) is 20.6 Å². The predicted octanol–water partition coefficient (Wildman–Crippen LogP) is 3.67. The third-order valence-corrected chi connectivity index (χ3v) is 4.62. The highest BCUT2D eigenvalue weighted by Gasteiger charge is 2.33. The molecule has 1 aromatic carbocycles. The van der Waals surface area contributed by atoms with Crippen molar-refractivity contribution in [3.8, 4) is 0 Å². The Labute approximate surface area is 127 Å². The lowest BCUT2D eigenvalue weighted by atomic mass is 9.88. The first-order chi connectivity index (χ1) is 10.3. The molecule has 0 radical (unpaired) electrons. The van der Waals surface area contributed by atoms with Crippen LogP contribution in [0.25, 0.3) is 21.9 Å². The zero-order valence-electron chi connectivity index (χ0n) is 11.8. The van der Waals surface area contributed by atoms with Crippen LogP contribution in [0.15, 0.2) is 30.5 Å². The minimum Gasteiger partial charge on any atom is -0.381 e. The van der Waals surface area contributed by atoms with E-state index in [1.54, 1.807) is 7.11 Å². The summed E-state index contributed by atoms with van der Waals surface area (Å²) in [5.74, 6) is 1.33. The second-order valence-corrected chi connectivity index (χ2v) is 5.79. The lowest BCUT2D eigenvalue weighted by Gasteiger charge is -2.36.